The molecule has 6 heteroatoms. The fraction of sp³-hybridized carbons (Fsp3) is 0.214. The molecule has 0 bridgehead atoms. The van der Waals surface area contributed by atoms with Gasteiger partial charge in [0, 0.05) is 5.69 Å². The van der Waals surface area contributed by atoms with E-state index in [-0.39, 0.29) is 11.3 Å². The van der Waals surface area contributed by atoms with Crippen molar-refractivity contribution in [3.8, 4) is 5.69 Å². The first kappa shape index (κ1) is 13.8. The second-order valence-electron chi connectivity index (χ2n) is 4.40. The summed E-state index contributed by atoms with van der Waals surface area (Å²) in [6.07, 6.45) is 0.594. The molecule has 1 aromatic heterocycles. The number of aryl methyl sites for hydroxylation is 2. The number of carboxylic acid groups (broad SMARTS) is 2. The monoisotopic (exact) mass is 274 g/mol. The molecule has 1 heterocycles. The van der Waals surface area contributed by atoms with Gasteiger partial charge >= 0.3 is 11.9 Å². The lowest BCUT2D eigenvalue weighted by molar-refractivity contribution is 0.0681. The van der Waals surface area contributed by atoms with E-state index in [0.717, 1.165) is 5.56 Å². The molecule has 0 aliphatic rings. The predicted molar refractivity (Wildman–Crippen MR) is 71.6 cm³/mol. The Hall–Kier alpha value is -2.63. The molecule has 2 N–H and O–H groups in total. The highest BCUT2D eigenvalue weighted by molar-refractivity contribution is 5.88. The Balaban J connectivity index is 2.63. The zero-order valence-electron chi connectivity index (χ0n) is 11.1. The number of hydrogen-bond donors (Lipinski definition) is 2. The molecule has 0 spiro atoms. The summed E-state index contributed by atoms with van der Waals surface area (Å²) in [6.45, 7) is 3.71. The van der Waals surface area contributed by atoms with Gasteiger partial charge in [0.2, 0.25) is 0 Å². The molecule has 1 aromatic carbocycles. The van der Waals surface area contributed by atoms with E-state index < -0.39 is 11.9 Å². The molecule has 0 saturated carbocycles. The van der Waals surface area contributed by atoms with Crippen molar-refractivity contribution in [1.29, 1.82) is 0 Å². The summed E-state index contributed by atoms with van der Waals surface area (Å²) in [5, 5.41) is 22.1. The van der Waals surface area contributed by atoms with Gasteiger partial charge in [-0.2, -0.15) is 5.10 Å². The zero-order chi connectivity index (χ0) is 14.9. The Kier molecular flexibility index (Phi) is 3.56. The molecule has 2 rings (SSSR count). The highest BCUT2D eigenvalue weighted by Crippen LogP contribution is 2.19. The van der Waals surface area contributed by atoms with Crippen LogP contribution in [0.5, 0.6) is 0 Å². The fourth-order valence-electron chi connectivity index (χ4n) is 1.96. The summed E-state index contributed by atoms with van der Waals surface area (Å²) in [7, 11) is 0. The average molecular weight is 274 g/mol. The van der Waals surface area contributed by atoms with Gasteiger partial charge in [-0.15, -0.1) is 0 Å². The van der Waals surface area contributed by atoms with E-state index in [2.05, 4.69) is 5.10 Å². The molecule has 20 heavy (non-hydrogen) atoms. The maximum absolute atomic E-state index is 11.0. The van der Waals surface area contributed by atoms with Crippen molar-refractivity contribution >= 4 is 11.9 Å². The third kappa shape index (κ3) is 2.40. The third-order valence-corrected chi connectivity index (χ3v) is 3.05. The summed E-state index contributed by atoms with van der Waals surface area (Å²) >= 11 is 0. The van der Waals surface area contributed by atoms with Crippen LogP contribution in [-0.2, 0) is 6.42 Å². The van der Waals surface area contributed by atoms with Gasteiger partial charge in [-0.25, -0.2) is 14.3 Å². The van der Waals surface area contributed by atoms with Crippen LogP contribution in [0.3, 0.4) is 0 Å². The maximum Gasteiger partial charge on any atom is 0.356 e. The Morgan fingerprint density at radius 2 is 1.90 bits per heavy atom. The topological polar surface area (TPSA) is 92.4 Å². The Morgan fingerprint density at radius 3 is 2.45 bits per heavy atom. The van der Waals surface area contributed by atoms with Crippen molar-refractivity contribution in [3.63, 3.8) is 0 Å². The lowest BCUT2D eigenvalue weighted by Gasteiger charge is -2.10. The number of carboxylic acids is 2. The van der Waals surface area contributed by atoms with Gasteiger partial charge in [0.25, 0.3) is 0 Å². The van der Waals surface area contributed by atoms with Crippen LogP contribution in [0.2, 0.25) is 0 Å². The van der Waals surface area contributed by atoms with Gasteiger partial charge in [0.15, 0.2) is 5.69 Å². The number of aromatic nitrogens is 2. The van der Waals surface area contributed by atoms with Crippen molar-refractivity contribution in [2.75, 3.05) is 0 Å². The molecule has 0 aliphatic carbocycles. The Bertz CT molecular complexity index is 688. The van der Waals surface area contributed by atoms with Gasteiger partial charge in [0.1, 0.15) is 0 Å². The van der Waals surface area contributed by atoms with E-state index >= 15 is 0 Å². The molecule has 0 saturated heterocycles. The minimum Gasteiger partial charge on any atom is -0.478 e. The van der Waals surface area contributed by atoms with Crippen molar-refractivity contribution in [2.45, 2.75) is 20.3 Å². The fourth-order valence-corrected chi connectivity index (χ4v) is 1.96. The van der Waals surface area contributed by atoms with Gasteiger partial charge in [-0.05, 0) is 37.1 Å². The Morgan fingerprint density at radius 1 is 1.20 bits per heavy atom. The second kappa shape index (κ2) is 5.16. The molecule has 0 atom stereocenters. The maximum atomic E-state index is 11.0. The van der Waals surface area contributed by atoms with Crippen molar-refractivity contribution in [2.24, 2.45) is 0 Å². The predicted octanol–water partition coefficient (Wildman–Crippen LogP) is 2.14. The lowest BCUT2D eigenvalue weighted by Crippen LogP contribution is -2.07. The van der Waals surface area contributed by atoms with E-state index in [0.29, 0.717) is 17.8 Å². The summed E-state index contributed by atoms with van der Waals surface area (Å²) < 4.78 is 1.49. The number of carbonyl (C=O) groups is 2. The van der Waals surface area contributed by atoms with Gasteiger partial charge in [-0.1, -0.05) is 13.0 Å². The molecule has 6 nitrogen and oxygen atoms in total. The highest BCUT2D eigenvalue weighted by atomic mass is 16.4. The largest absolute Gasteiger partial charge is 0.478 e. The van der Waals surface area contributed by atoms with Crippen molar-refractivity contribution < 1.29 is 19.8 Å². The average Bonchev–Trinajstić information content (AvgIpc) is 2.83. The van der Waals surface area contributed by atoms with Gasteiger partial charge < -0.3 is 10.2 Å². The summed E-state index contributed by atoms with van der Waals surface area (Å²) in [4.78, 5) is 22.0. The summed E-state index contributed by atoms with van der Waals surface area (Å²) in [5.41, 5.74) is 2.20. The standard InChI is InChI=1S/C14H14N2O4/c1-3-10-7-11(14(19)20)15-16(10)12-6-9(13(17)18)5-4-8(12)2/h4-7H,3H2,1-2H3,(H,17,18)(H,19,20). The molecular formula is C14H14N2O4. The quantitative estimate of drug-likeness (QED) is 0.891. The normalized spacial score (nSPS) is 10.5. The molecule has 104 valence electrons. The van der Waals surface area contributed by atoms with E-state index in [1.165, 1.54) is 22.9 Å². The van der Waals surface area contributed by atoms with Crippen LogP contribution in [0, 0.1) is 6.92 Å². The Labute approximate surface area is 115 Å². The van der Waals surface area contributed by atoms with Gasteiger partial charge in [0.05, 0.1) is 11.3 Å². The molecule has 2 aromatic rings. The van der Waals surface area contributed by atoms with Crippen LogP contribution in [-0.4, -0.2) is 31.9 Å². The molecule has 0 aliphatic heterocycles. The number of benzene rings is 1. The molecular weight excluding hydrogens is 260 g/mol. The second-order valence-corrected chi connectivity index (χ2v) is 4.40. The molecule has 0 amide bonds. The lowest BCUT2D eigenvalue weighted by atomic mass is 10.1. The summed E-state index contributed by atoms with van der Waals surface area (Å²) in [5.74, 6) is -2.14. The van der Waals surface area contributed by atoms with Crippen LogP contribution >= 0.6 is 0 Å². The van der Waals surface area contributed by atoms with Crippen LogP contribution < -0.4 is 0 Å². The SMILES string of the molecule is CCc1cc(C(=O)O)nn1-c1cc(C(=O)O)ccc1C. The van der Waals surface area contributed by atoms with Crippen molar-refractivity contribution in [3.05, 3.63) is 46.8 Å². The smallest absolute Gasteiger partial charge is 0.356 e. The number of aromatic carboxylic acids is 2. The van der Waals surface area contributed by atoms with E-state index in [9.17, 15) is 9.59 Å². The summed E-state index contributed by atoms with van der Waals surface area (Å²) in [6, 6.07) is 6.18. The first-order valence-corrected chi connectivity index (χ1v) is 6.10. The minimum atomic E-state index is -1.11. The van der Waals surface area contributed by atoms with Crippen molar-refractivity contribution in [1.82, 2.24) is 9.78 Å². The van der Waals surface area contributed by atoms with E-state index in [1.54, 1.807) is 6.07 Å². The minimum absolute atomic E-state index is 0.0537. The molecule has 0 radical (unpaired) electrons. The van der Waals surface area contributed by atoms with Crippen LogP contribution in [0.1, 0.15) is 39.0 Å². The number of nitrogens with zero attached hydrogens (tertiary/aromatic N) is 2. The van der Waals surface area contributed by atoms with Gasteiger partial charge in [-0.3, -0.25) is 0 Å². The van der Waals surface area contributed by atoms with E-state index in [1.807, 2.05) is 13.8 Å². The first-order chi connectivity index (χ1) is 9.43. The third-order valence-electron chi connectivity index (χ3n) is 3.05. The molecule has 0 fully saturated rings. The first-order valence-electron chi connectivity index (χ1n) is 6.10. The number of hydrogen-bond acceptors (Lipinski definition) is 3. The van der Waals surface area contributed by atoms with Crippen LogP contribution in [0.4, 0.5) is 0 Å². The van der Waals surface area contributed by atoms with E-state index in [4.69, 9.17) is 10.2 Å². The van der Waals surface area contributed by atoms with Crippen LogP contribution in [0.25, 0.3) is 5.69 Å². The molecule has 0 unspecified atom stereocenters. The zero-order valence-corrected chi connectivity index (χ0v) is 11.1. The van der Waals surface area contributed by atoms with Crippen LogP contribution in [0.15, 0.2) is 24.3 Å². The number of rotatable bonds is 4. The highest BCUT2D eigenvalue weighted by Gasteiger charge is 2.16.